The highest BCUT2D eigenvalue weighted by molar-refractivity contribution is 6.32. The monoisotopic (exact) mass is 473 g/mol. The number of nitrogens with one attached hydrogen (secondary N) is 2. The summed E-state index contributed by atoms with van der Waals surface area (Å²) < 4.78 is 6.16. The van der Waals surface area contributed by atoms with Crippen molar-refractivity contribution in [3.63, 3.8) is 0 Å². The lowest BCUT2D eigenvalue weighted by atomic mass is 10.1. The molecule has 0 saturated heterocycles. The molecule has 178 valence electrons. The van der Waals surface area contributed by atoms with Gasteiger partial charge in [0.15, 0.2) is 5.58 Å². The van der Waals surface area contributed by atoms with E-state index in [0.717, 1.165) is 42.6 Å². The van der Waals surface area contributed by atoms with Crippen LogP contribution >= 0.6 is 11.6 Å². The van der Waals surface area contributed by atoms with Crippen molar-refractivity contribution in [2.24, 2.45) is 5.92 Å². The maximum absolute atomic E-state index is 10.5. The fourth-order valence-electron chi connectivity index (χ4n) is 4.50. The third-order valence-corrected chi connectivity index (χ3v) is 6.45. The van der Waals surface area contributed by atoms with Crippen molar-refractivity contribution in [2.45, 2.75) is 65.0 Å². The second-order valence-electron chi connectivity index (χ2n) is 8.91. The Hall–Kier alpha value is -2.42. The molecule has 1 saturated carbocycles. The molecule has 3 aromatic rings. The number of aliphatic hydroxyl groups excluding tert-OH is 2. The summed E-state index contributed by atoms with van der Waals surface area (Å²) in [5.41, 5.74) is 2.95. The number of unbranched alkanes of at least 4 members (excludes halogenated alkanes) is 2. The normalized spacial score (nSPS) is 20.5. The number of fused-ring (bicyclic) bond motifs is 1. The minimum absolute atomic E-state index is 0.0477. The van der Waals surface area contributed by atoms with Gasteiger partial charge in [-0.15, -0.1) is 0 Å². The van der Waals surface area contributed by atoms with E-state index in [1.54, 1.807) is 0 Å². The van der Waals surface area contributed by atoms with Gasteiger partial charge in [-0.1, -0.05) is 31.4 Å². The van der Waals surface area contributed by atoms with E-state index in [1.807, 2.05) is 26.0 Å². The number of aliphatic hydroxyl groups is 2. The smallest absolute Gasteiger partial charge is 0.226 e. The zero-order chi connectivity index (χ0) is 23.5. The fourth-order valence-corrected chi connectivity index (χ4v) is 4.76. The van der Waals surface area contributed by atoms with Crippen molar-refractivity contribution in [2.75, 3.05) is 23.8 Å². The van der Waals surface area contributed by atoms with Gasteiger partial charge < -0.3 is 25.3 Å². The van der Waals surface area contributed by atoms with E-state index >= 15 is 0 Å². The second-order valence-corrected chi connectivity index (χ2v) is 9.27. The van der Waals surface area contributed by atoms with Gasteiger partial charge in [-0.05, 0) is 51.2 Å². The van der Waals surface area contributed by atoms with Crippen LogP contribution < -0.4 is 10.6 Å². The Labute approximate surface area is 198 Å². The number of aryl methyl sites for hydroxylation is 2. The predicted octanol–water partition coefficient (Wildman–Crippen LogP) is 4.70. The Morgan fingerprint density at radius 3 is 2.70 bits per heavy atom. The van der Waals surface area contributed by atoms with Gasteiger partial charge in [0, 0.05) is 24.2 Å². The molecule has 0 amide bonds. The first-order valence-electron chi connectivity index (χ1n) is 11.6. The first kappa shape index (κ1) is 23.7. The third-order valence-electron chi connectivity index (χ3n) is 6.18. The summed E-state index contributed by atoms with van der Waals surface area (Å²) >= 11 is 6.68. The number of hydrogen-bond donors (Lipinski definition) is 4. The number of halogens is 1. The van der Waals surface area contributed by atoms with E-state index in [2.05, 4.69) is 27.5 Å². The molecule has 0 aromatic carbocycles. The van der Waals surface area contributed by atoms with Crippen LogP contribution in [0.2, 0.25) is 5.15 Å². The Kier molecular flexibility index (Phi) is 7.36. The highest BCUT2D eigenvalue weighted by Gasteiger charge is 2.34. The molecule has 3 heterocycles. The van der Waals surface area contributed by atoms with Crippen LogP contribution in [0.4, 0.5) is 11.8 Å². The minimum Gasteiger partial charge on any atom is -0.454 e. The molecule has 4 rings (SSSR count). The van der Waals surface area contributed by atoms with Crippen molar-refractivity contribution in [1.82, 2.24) is 15.0 Å². The molecule has 8 nitrogen and oxygen atoms in total. The first-order valence-corrected chi connectivity index (χ1v) is 12.0. The lowest BCUT2D eigenvalue weighted by molar-refractivity contribution is 0.157. The van der Waals surface area contributed by atoms with E-state index in [9.17, 15) is 10.2 Å². The van der Waals surface area contributed by atoms with E-state index in [1.165, 1.54) is 0 Å². The number of nitrogens with zero attached hydrogens (tertiary/aromatic N) is 3. The van der Waals surface area contributed by atoms with Gasteiger partial charge in [0.2, 0.25) is 5.95 Å². The van der Waals surface area contributed by atoms with Crippen molar-refractivity contribution < 1.29 is 14.6 Å². The molecule has 4 N–H and O–H groups in total. The zero-order valence-corrected chi connectivity index (χ0v) is 20.1. The van der Waals surface area contributed by atoms with Crippen LogP contribution in [0.15, 0.2) is 16.5 Å². The molecule has 33 heavy (non-hydrogen) atoms. The van der Waals surface area contributed by atoms with Crippen LogP contribution in [0.5, 0.6) is 0 Å². The summed E-state index contributed by atoms with van der Waals surface area (Å²) in [6.07, 6.45) is 3.85. The topological polar surface area (TPSA) is 116 Å². The van der Waals surface area contributed by atoms with Crippen LogP contribution in [-0.2, 0) is 0 Å². The number of aromatic nitrogens is 3. The molecule has 3 atom stereocenters. The summed E-state index contributed by atoms with van der Waals surface area (Å²) in [6.45, 7) is 6.80. The number of pyridine rings is 1. The van der Waals surface area contributed by atoms with E-state index in [0.29, 0.717) is 41.5 Å². The van der Waals surface area contributed by atoms with Crippen LogP contribution in [-0.4, -0.2) is 50.5 Å². The molecule has 1 aliphatic carbocycles. The molecule has 0 spiro atoms. The lowest BCUT2D eigenvalue weighted by Gasteiger charge is -2.20. The van der Waals surface area contributed by atoms with Crippen LogP contribution in [0.1, 0.15) is 50.4 Å². The molecule has 1 fully saturated rings. The van der Waals surface area contributed by atoms with E-state index in [-0.39, 0.29) is 23.7 Å². The molecule has 9 heteroatoms. The zero-order valence-electron chi connectivity index (χ0n) is 19.4. The molecular formula is C24H32ClN5O3. The van der Waals surface area contributed by atoms with Gasteiger partial charge in [0.1, 0.15) is 16.7 Å². The van der Waals surface area contributed by atoms with Crippen LogP contribution in [0, 0.1) is 19.8 Å². The second kappa shape index (κ2) is 10.2. The van der Waals surface area contributed by atoms with Crippen molar-refractivity contribution in [1.29, 1.82) is 0 Å². The fraction of sp³-hybridized carbons (Fsp3) is 0.542. The minimum atomic E-state index is -0.588. The highest BCUT2D eigenvalue weighted by Crippen LogP contribution is 2.39. The van der Waals surface area contributed by atoms with E-state index < -0.39 is 6.10 Å². The lowest BCUT2D eigenvalue weighted by Crippen LogP contribution is -2.29. The Bertz CT molecular complexity index is 1120. The Morgan fingerprint density at radius 1 is 1.15 bits per heavy atom. The molecule has 0 radical (unpaired) electrons. The number of rotatable bonds is 9. The number of hydrogen-bond acceptors (Lipinski definition) is 8. The largest absolute Gasteiger partial charge is 0.454 e. The number of furan rings is 1. The van der Waals surface area contributed by atoms with E-state index in [4.69, 9.17) is 21.0 Å². The summed E-state index contributed by atoms with van der Waals surface area (Å²) in [7, 11) is 0. The standard InChI is InChI=1S/C24H32ClN5O3/c1-4-5-6-7-26-24-29-22(25)20(19-11-16-8-13(2)27-14(3)21(16)33-19)23(30-24)28-17-9-15(12-31)10-18(17)32/h8,11,15,17-18,31-32H,4-7,9-10,12H2,1-3H3,(H2,26,28,29,30)/t15-,17+,18+/m0/s1. The highest BCUT2D eigenvalue weighted by atomic mass is 35.5. The molecule has 0 unspecified atom stereocenters. The maximum atomic E-state index is 10.5. The summed E-state index contributed by atoms with van der Waals surface area (Å²) in [5.74, 6) is 1.51. The van der Waals surface area contributed by atoms with Gasteiger partial charge in [-0.2, -0.15) is 4.98 Å². The van der Waals surface area contributed by atoms with Crippen LogP contribution in [0.25, 0.3) is 22.3 Å². The molecule has 0 bridgehead atoms. The summed E-state index contributed by atoms with van der Waals surface area (Å²) in [6, 6.07) is 3.63. The number of anilines is 2. The predicted molar refractivity (Wildman–Crippen MR) is 131 cm³/mol. The Morgan fingerprint density at radius 2 is 1.97 bits per heavy atom. The van der Waals surface area contributed by atoms with Crippen molar-refractivity contribution in [3.05, 3.63) is 28.7 Å². The van der Waals surface area contributed by atoms with Gasteiger partial charge in [0.05, 0.1) is 23.4 Å². The molecular weight excluding hydrogens is 442 g/mol. The van der Waals surface area contributed by atoms with Gasteiger partial charge in [0.25, 0.3) is 0 Å². The Balaban J connectivity index is 1.72. The third kappa shape index (κ3) is 5.23. The molecule has 3 aromatic heterocycles. The summed E-state index contributed by atoms with van der Waals surface area (Å²) in [5, 5.41) is 27.9. The quantitative estimate of drug-likeness (QED) is 0.261. The molecule has 1 aliphatic rings. The van der Waals surface area contributed by atoms with Crippen molar-refractivity contribution >= 4 is 34.3 Å². The van der Waals surface area contributed by atoms with Gasteiger partial charge in [-0.3, -0.25) is 4.98 Å². The SMILES string of the molecule is CCCCCNc1nc(Cl)c(-c2cc3cc(C)nc(C)c3o2)c(N[C@@H]2C[C@H](CO)C[C@H]2O)n1. The van der Waals surface area contributed by atoms with Crippen LogP contribution in [0.3, 0.4) is 0 Å². The summed E-state index contributed by atoms with van der Waals surface area (Å²) in [4.78, 5) is 13.7. The van der Waals surface area contributed by atoms with Crippen molar-refractivity contribution in [3.8, 4) is 11.3 Å². The first-order chi connectivity index (χ1) is 15.9. The molecule has 0 aliphatic heterocycles. The average molecular weight is 474 g/mol. The maximum Gasteiger partial charge on any atom is 0.226 e. The average Bonchev–Trinajstić information content (AvgIpc) is 3.34. The van der Waals surface area contributed by atoms with Gasteiger partial charge in [-0.25, -0.2) is 4.98 Å². The van der Waals surface area contributed by atoms with Gasteiger partial charge >= 0.3 is 0 Å².